The van der Waals surface area contributed by atoms with E-state index in [2.05, 4.69) is 15.4 Å². The van der Waals surface area contributed by atoms with E-state index >= 15 is 0 Å². The Morgan fingerprint density at radius 1 is 1.42 bits per heavy atom. The zero-order valence-corrected chi connectivity index (χ0v) is 10.4. The quantitative estimate of drug-likeness (QED) is 0.735. The van der Waals surface area contributed by atoms with Gasteiger partial charge in [0.15, 0.2) is 0 Å². The maximum absolute atomic E-state index is 11.7. The molecule has 0 spiro atoms. The van der Waals surface area contributed by atoms with E-state index in [1.54, 1.807) is 7.05 Å². The molecule has 1 heterocycles. The number of hydrogen-bond acceptors (Lipinski definition) is 5. The molecule has 0 radical (unpaired) electrons. The van der Waals surface area contributed by atoms with Crippen LogP contribution in [0.2, 0.25) is 0 Å². The summed E-state index contributed by atoms with van der Waals surface area (Å²) in [5, 5.41) is 20.3. The normalized spacial score (nSPS) is 9.89. The van der Waals surface area contributed by atoms with Gasteiger partial charge < -0.3 is 4.90 Å². The lowest BCUT2D eigenvalue weighted by atomic mass is 10.2. The SMILES string of the molecule is CN(CC#N)C(=O)Cn1nnc(-c2ccccc2)n1. The summed E-state index contributed by atoms with van der Waals surface area (Å²) in [5.74, 6) is 0.231. The van der Waals surface area contributed by atoms with Gasteiger partial charge in [-0.2, -0.15) is 10.1 Å². The van der Waals surface area contributed by atoms with Crippen LogP contribution in [-0.2, 0) is 11.3 Å². The minimum absolute atomic E-state index is 0.0297. The standard InChI is InChI=1S/C12H12N6O/c1-17(8-7-13)11(19)9-18-15-12(14-16-18)10-5-3-2-4-6-10/h2-6H,8-9H2,1H3. The number of hydrogen-bond donors (Lipinski definition) is 0. The van der Waals surface area contributed by atoms with Gasteiger partial charge >= 0.3 is 0 Å². The Morgan fingerprint density at radius 2 is 2.16 bits per heavy atom. The van der Waals surface area contributed by atoms with Gasteiger partial charge in [0.1, 0.15) is 13.1 Å². The second-order valence-corrected chi connectivity index (χ2v) is 3.92. The fourth-order valence-electron chi connectivity index (χ4n) is 1.45. The van der Waals surface area contributed by atoms with Crippen LogP contribution < -0.4 is 0 Å². The number of amides is 1. The number of carbonyl (C=O) groups excluding carboxylic acids is 1. The molecule has 0 aliphatic carbocycles. The Bertz CT molecular complexity index is 600. The maximum Gasteiger partial charge on any atom is 0.246 e. The molecule has 1 aromatic carbocycles. The van der Waals surface area contributed by atoms with Gasteiger partial charge in [0.2, 0.25) is 11.7 Å². The molecule has 0 bridgehead atoms. The van der Waals surface area contributed by atoms with Gasteiger partial charge in [0, 0.05) is 12.6 Å². The zero-order chi connectivity index (χ0) is 13.7. The van der Waals surface area contributed by atoms with Crippen LogP contribution in [-0.4, -0.2) is 44.6 Å². The Labute approximate surface area is 110 Å². The highest BCUT2D eigenvalue weighted by molar-refractivity contribution is 5.75. The molecule has 2 rings (SSSR count). The van der Waals surface area contributed by atoms with E-state index in [-0.39, 0.29) is 19.0 Å². The number of aromatic nitrogens is 4. The predicted octanol–water partition coefficient (Wildman–Crippen LogP) is 0.322. The van der Waals surface area contributed by atoms with Crippen LogP contribution in [0.15, 0.2) is 30.3 Å². The highest BCUT2D eigenvalue weighted by atomic mass is 16.2. The van der Waals surface area contributed by atoms with Crippen LogP contribution in [0.1, 0.15) is 0 Å². The highest BCUT2D eigenvalue weighted by Crippen LogP contribution is 2.11. The Balaban J connectivity index is 2.06. The number of nitrogens with zero attached hydrogens (tertiary/aromatic N) is 6. The van der Waals surface area contributed by atoms with Crippen molar-refractivity contribution in [2.75, 3.05) is 13.6 Å². The predicted molar refractivity (Wildman–Crippen MR) is 66.5 cm³/mol. The van der Waals surface area contributed by atoms with Gasteiger partial charge in [-0.15, -0.1) is 10.2 Å². The molecule has 0 saturated carbocycles. The summed E-state index contributed by atoms with van der Waals surface area (Å²) < 4.78 is 0. The van der Waals surface area contributed by atoms with Gasteiger partial charge in [0.05, 0.1) is 6.07 Å². The van der Waals surface area contributed by atoms with Gasteiger partial charge in [-0.25, -0.2) is 0 Å². The molecule has 0 unspecified atom stereocenters. The average Bonchev–Trinajstić information content (AvgIpc) is 2.88. The molecule has 2 aromatic rings. The summed E-state index contributed by atoms with van der Waals surface area (Å²) in [6, 6.07) is 11.3. The molecular weight excluding hydrogens is 244 g/mol. The van der Waals surface area contributed by atoms with E-state index in [1.165, 1.54) is 9.70 Å². The summed E-state index contributed by atoms with van der Waals surface area (Å²) in [6.07, 6.45) is 0. The average molecular weight is 256 g/mol. The first-order valence-corrected chi connectivity index (χ1v) is 5.65. The minimum atomic E-state index is -0.237. The lowest BCUT2D eigenvalue weighted by Gasteiger charge is -2.11. The molecule has 0 aliphatic rings. The number of rotatable bonds is 4. The first-order chi connectivity index (χ1) is 9.20. The molecule has 1 amide bonds. The van der Waals surface area contributed by atoms with Crippen molar-refractivity contribution >= 4 is 5.91 Å². The molecule has 0 atom stereocenters. The summed E-state index contributed by atoms with van der Waals surface area (Å²) in [4.78, 5) is 14.2. The van der Waals surface area contributed by atoms with E-state index < -0.39 is 0 Å². The fraction of sp³-hybridized carbons (Fsp3) is 0.250. The van der Waals surface area contributed by atoms with E-state index in [0.29, 0.717) is 5.82 Å². The van der Waals surface area contributed by atoms with Crippen LogP contribution >= 0.6 is 0 Å². The maximum atomic E-state index is 11.7. The van der Waals surface area contributed by atoms with Crippen molar-refractivity contribution in [1.82, 2.24) is 25.1 Å². The smallest absolute Gasteiger partial charge is 0.246 e. The van der Waals surface area contributed by atoms with E-state index in [4.69, 9.17) is 5.26 Å². The summed E-state index contributed by atoms with van der Waals surface area (Å²) in [5.41, 5.74) is 0.839. The molecule has 19 heavy (non-hydrogen) atoms. The summed E-state index contributed by atoms with van der Waals surface area (Å²) in [7, 11) is 1.56. The first kappa shape index (κ1) is 12.7. The third-order valence-corrected chi connectivity index (χ3v) is 2.50. The molecule has 7 nitrogen and oxygen atoms in total. The second-order valence-electron chi connectivity index (χ2n) is 3.92. The molecule has 0 fully saturated rings. The van der Waals surface area contributed by atoms with Crippen molar-refractivity contribution in [1.29, 1.82) is 5.26 Å². The monoisotopic (exact) mass is 256 g/mol. The lowest BCUT2D eigenvalue weighted by molar-refractivity contribution is -0.130. The van der Waals surface area contributed by atoms with E-state index in [0.717, 1.165) is 5.56 Å². The lowest BCUT2D eigenvalue weighted by Crippen LogP contribution is -2.31. The van der Waals surface area contributed by atoms with E-state index in [9.17, 15) is 4.79 Å². The van der Waals surface area contributed by atoms with Crippen LogP contribution in [0, 0.1) is 11.3 Å². The van der Waals surface area contributed by atoms with Gasteiger partial charge in [-0.3, -0.25) is 4.79 Å². The third kappa shape index (κ3) is 3.13. The minimum Gasteiger partial charge on any atom is -0.331 e. The number of tetrazole rings is 1. The Hall–Kier alpha value is -2.75. The number of benzene rings is 1. The third-order valence-electron chi connectivity index (χ3n) is 2.50. The van der Waals surface area contributed by atoms with Gasteiger partial charge in [-0.05, 0) is 5.21 Å². The summed E-state index contributed by atoms with van der Waals surface area (Å²) >= 11 is 0. The van der Waals surface area contributed by atoms with Crippen molar-refractivity contribution < 1.29 is 4.79 Å². The molecule has 96 valence electrons. The Kier molecular flexibility index (Phi) is 3.83. The molecule has 0 saturated heterocycles. The van der Waals surface area contributed by atoms with Gasteiger partial charge in [-0.1, -0.05) is 30.3 Å². The zero-order valence-electron chi connectivity index (χ0n) is 10.4. The first-order valence-electron chi connectivity index (χ1n) is 5.65. The van der Waals surface area contributed by atoms with Crippen LogP contribution in [0.3, 0.4) is 0 Å². The van der Waals surface area contributed by atoms with Crippen molar-refractivity contribution in [3.8, 4) is 17.5 Å². The molecule has 0 aliphatic heterocycles. The molecule has 0 N–H and O–H groups in total. The highest BCUT2D eigenvalue weighted by Gasteiger charge is 2.12. The van der Waals surface area contributed by atoms with Crippen LogP contribution in [0.25, 0.3) is 11.4 Å². The number of carbonyl (C=O) groups is 1. The second kappa shape index (κ2) is 5.73. The van der Waals surface area contributed by atoms with Crippen molar-refractivity contribution in [3.05, 3.63) is 30.3 Å². The van der Waals surface area contributed by atoms with Crippen molar-refractivity contribution in [3.63, 3.8) is 0 Å². The summed E-state index contributed by atoms with van der Waals surface area (Å²) in [6.45, 7) is 0.0110. The molecular formula is C12H12N6O. The molecule has 1 aromatic heterocycles. The van der Waals surface area contributed by atoms with Gasteiger partial charge in [0.25, 0.3) is 0 Å². The van der Waals surface area contributed by atoms with Crippen molar-refractivity contribution in [2.45, 2.75) is 6.54 Å². The van der Waals surface area contributed by atoms with E-state index in [1.807, 2.05) is 36.4 Å². The number of likely N-dealkylation sites (N-methyl/N-ethyl adjacent to an activating group) is 1. The van der Waals surface area contributed by atoms with Crippen molar-refractivity contribution in [2.24, 2.45) is 0 Å². The van der Waals surface area contributed by atoms with Crippen LogP contribution in [0.5, 0.6) is 0 Å². The topological polar surface area (TPSA) is 87.7 Å². The van der Waals surface area contributed by atoms with Crippen LogP contribution in [0.4, 0.5) is 0 Å². The fourth-order valence-corrected chi connectivity index (χ4v) is 1.45. The largest absolute Gasteiger partial charge is 0.331 e. The number of nitriles is 1. The Morgan fingerprint density at radius 3 is 2.84 bits per heavy atom. The molecule has 7 heteroatoms.